The van der Waals surface area contributed by atoms with Gasteiger partial charge in [-0.05, 0) is 43.4 Å². The largest absolute Gasteiger partial charge is 0.295 e. The number of carbonyl (C=O) groups is 1. The number of nitrogens with zero attached hydrogens (tertiary/aromatic N) is 4. The first kappa shape index (κ1) is 19.1. The number of imidazole rings is 1. The van der Waals surface area contributed by atoms with Crippen molar-refractivity contribution in [3.63, 3.8) is 0 Å². The van der Waals surface area contributed by atoms with Crippen molar-refractivity contribution in [3.05, 3.63) is 47.0 Å². The highest BCUT2D eigenvalue weighted by molar-refractivity contribution is 7.98. The number of nitrogens with one attached hydrogen (secondary N) is 1. The summed E-state index contributed by atoms with van der Waals surface area (Å²) in [4.78, 5) is 17.2. The van der Waals surface area contributed by atoms with Crippen LogP contribution in [0.25, 0.3) is 5.69 Å². The fourth-order valence-electron chi connectivity index (χ4n) is 3.44. The Morgan fingerprint density at radius 2 is 1.96 bits per heavy atom. The number of anilines is 1. The summed E-state index contributed by atoms with van der Waals surface area (Å²) in [6.45, 7) is 0. The summed E-state index contributed by atoms with van der Waals surface area (Å²) in [5, 5.41) is 13.4. The third-order valence-electron chi connectivity index (χ3n) is 4.85. The van der Waals surface area contributed by atoms with Gasteiger partial charge in [-0.2, -0.15) is 0 Å². The zero-order valence-corrected chi connectivity index (χ0v) is 17.0. The summed E-state index contributed by atoms with van der Waals surface area (Å²) in [6.07, 6.45) is 9.40. The van der Waals surface area contributed by atoms with Crippen LogP contribution in [0.15, 0.2) is 35.6 Å². The highest BCUT2D eigenvalue weighted by Gasteiger charge is 2.22. The zero-order valence-electron chi connectivity index (χ0n) is 15.4. The van der Waals surface area contributed by atoms with Gasteiger partial charge in [0.25, 0.3) is 5.91 Å². The van der Waals surface area contributed by atoms with Gasteiger partial charge in [-0.3, -0.25) is 14.7 Å². The maximum Gasteiger partial charge on any atom is 0.276 e. The van der Waals surface area contributed by atoms with Crippen molar-refractivity contribution >= 4 is 34.1 Å². The Kier molecular flexibility index (Phi) is 5.72. The van der Waals surface area contributed by atoms with Gasteiger partial charge in [-0.25, -0.2) is 9.37 Å². The molecule has 0 saturated heterocycles. The Labute approximate surface area is 170 Å². The predicted molar refractivity (Wildman–Crippen MR) is 109 cm³/mol. The van der Waals surface area contributed by atoms with Crippen LogP contribution in [0.1, 0.15) is 53.5 Å². The monoisotopic (exact) mass is 417 g/mol. The van der Waals surface area contributed by atoms with Gasteiger partial charge in [-0.15, -0.1) is 10.2 Å². The summed E-state index contributed by atoms with van der Waals surface area (Å²) in [5.74, 6) is -0.196. The van der Waals surface area contributed by atoms with Gasteiger partial charge in [0.05, 0.1) is 6.20 Å². The van der Waals surface area contributed by atoms with Gasteiger partial charge < -0.3 is 0 Å². The van der Waals surface area contributed by atoms with Crippen molar-refractivity contribution < 1.29 is 9.18 Å². The number of benzene rings is 1. The van der Waals surface area contributed by atoms with Crippen LogP contribution in [-0.4, -0.2) is 31.9 Å². The fourth-order valence-corrected chi connectivity index (χ4v) is 4.89. The molecule has 28 heavy (non-hydrogen) atoms. The van der Waals surface area contributed by atoms with E-state index >= 15 is 0 Å². The van der Waals surface area contributed by atoms with E-state index in [0.717, 1.165) is 17.8 Å². The first-order chi connectivity index (χ1) is 13.7. The van der Waals surface area contributed by atoms with Gasteiger partial charge in [0.15, 0.2) is 5.16 Å². The minimum Gasteiger partial charge on any atom is -0.295 e. The smallest absolute Gasteiger partial charge is 0.276 e. The van der Waals surface area contributed by atoms with Crippen molar-refractivity contribution in [1.82, 2.24) is 19.7 Å². The standard InChI is InChI=1S/C19H20FN5OS2/c1-27-19-21-11-15(25(19)14-9-7-13(20)8-10-14)16(26)22-18-24-23-17(28-18)12-5-3-2-4-6-12/h7-12H,2-6H2,1H3,(H,22,24,26). The van der Waals surface area contributed by atoms with E-state index in [1.54, 1.807) is 16.7 Å². The van der Waals surface area contributed by atoms with Crippen LogP contribution in [0.3, 0.4) is 0 Å². The number of hydrogen-bond donors (Lipinski definition) is 1. The Morgan fingerprint density at radius 1 is 1.21 bits per heavy atom. The molecule has 0 spiro atoms. The summed E-state index contributed by atoms with van der Waals surface area (Å²) in [7, 11) is 0. The van der Waals surface area contributed by atoms with Crippen molar-refractivity contribution in [2.75, 3.05) is 11.6 Å². The molecule has 1 aromatic carbocycles. The van der Waals surface area contributed by atoms with Crippen LogP contribution >= 0.6 is 23.1 Å². The molecule has 146 valence electrons. The van der Waals surface area contributed by atoms with E-state index in [4.69, 9.17) is 0 Å². The second-order valence-electron chi connectivity index (χ2n) is 6.68. The number of halogens is 1. The quantitative estimate of drug-likeness (QED) is 0.599. The minimum atomic E-state index is -0.329. The molecular formula is C19H20FN5OS2. The molecule has 1 saturated carbocycles. The molecule has 1 aliphatic carbocycles. The van der Waals surface area contributed by atoms with E-state index in [2.05, 4.69) is 20.5 Å². The number of carbonyl (C=O) groups excluding carboxylic acids is 1. The summed E-state index contributed by atoms with van der Waals surface area (Å²) < 4.78 is 15.0. The Bertz CT molecular complexity index is 963. The average molecular weight is 418 g/mol. The highest BCUT2D eigenvalue weighted by atomic mass is 32.2. The lowest BCUT2D eigenvalue weighted by molar-refractivity contribution is 0.102. The summed E-state index contributed by atoms with van der Waals surface area (Å²) >= 11 is 2.85. The normalized spacial score (nSPS) is 14.9. The molecule has 3 aromatic rings. The third kappa shape index (κ3) is 3.95. The Hall–Kier alpha value is -2.26. The molecule has 6 nitrogen and oxygen atoms in total. The van der Waals surface area contributed by atoms with Gasteiger partial charge in [0, 0.05) is 11.6 Å². The average Bonchev–Trinajstić information content (AvgIpc) is 3.36. The lowest BCUT2D eigenvalue weighted by atomic mass is 9.90. The number of hydrogen-bond acceptors (Lipinski definition) is 6. The number of thioether (sulfide) groups is 1. The van der Waals surface area contributed by atoms with Crippen LogP contribution in [0.2, 0.25) is 0 Å². The van der Waals surface area contributed by atoms with Crippen LogP contribution in [-0.2, 0) is 0 Å². The maximum atomic E-state index is 13.3. The molecule has 0 aliphatic heterocycles. The molecule has 1 N–H and O–H groups in total. The second kappa shape index (κ2) is 8.40. The number of amides is 1. The van der Waals surface area contributed by atoms with Crippen molar-refractivity contribution in [1.29, 1.82) is 0 Å². The second-order valence-corrected chi connectivity index (χ2v) is 8.46. The third-order valence-corrected chi connectivity index (χ3v) is 6.50. The van der Waals surface area contributed by atoms with Crippen molar-refractivity contribution in [2.45, 2.75) is 43.2 Å². The highest BCUT2D eigenvalue weighted by Crippen LogP contribution is 2.35. The molecule has 4 rings (SSSR count). The number of rotatable bonds is 5. The van der Waals surface area contributed by atoms with Gasteiger partial charge >= 0.3 is 0 Å². The molecule has 9 heteroatoms. The Balaban J connectivity index is 1.56. The van der Waals surface area contributed by atoms with Crippen LogP contribution < -0.4 is 5.32 Å². The fraction of sp³-hybridized carbons (Fsp3) is 0.368. The van der Waals surface area contributed by atoms with E-state index in [9.17, 15) is 9.18 Å². The molecule has 0 atom stereocenters. The lowest BCUT2D eigenvalue weighted by Gasteiger charge is -2.18. The van der Waals surface area contributed by atoms with E-state index in [1.807, 2.05) is 6.26 Å². The van der Waals surface area contributed by atoms with E-state index in [0.29, 0.717) is 27.6 Å². The van der Waals surface area contributed by atoms with Crippen LogP contribution in [0, 0.1) is 5.82 Å². The van der Waals surface area contributed by atoms with E-state index < -0.39 is 0 Å². The molecule has 0 radical (unpaired) electrons. The minimum absolute atomic E-state index is 0.316. The summed E-state index contributed by atoms with van der Waals surface area (Å²) in [5.41, 5.74) is 1.04. The van der Waals surface area contributed by atoms with E-state index in [-0.39, 0.29) is 11.7 Å². The molecule has 1 fully saturated rings. The van der Waals surface area contributed by atoms with Crippen LogP contribution in [0.5, 0.6) is 0 Å². The SMILES string of the molecule is CSc1ncc(C(=O)Nc2nnc(C3CCCCC3)s2)n1-c1ccc(F)cc1. The van der Waals surface area contributed by atoms with E-state index in [1.165, 1.54) is 60.7 Å². The first-order valence-electron chi connectivity index (χ1n) is 9.18. The molecule has 1 aliphatic rings. The molecule has 2 aromatic heterocycles. The molecule has 1 amide bonds. The summed E-state index contributed by atoms with van der Waals surface area (Å²) in [6, 6.07) is 5.98. The molecule has 0 bridgehead atoms. The molecular weight excluding hydrogens is 397 g/mol. The van der Waals surface area contributed by atoms with Gasteiger partial charge in [-0.1, -0.05) is 42.4 Å². The number of aromatic nitrogens is 4. The maximum absolute atomic E-state index is 13.3. The van der Waals surface area contributed by atoms with Gasteiger partial charge in [0.2, 0.25) is 5.13 Å². The lowest BCUT2D eigenvalue weighted by Crippen LogP contribution is -2.16. The Morgan fingerprint density at radius 3 is 2.68 bits per heavy atom. The van der Waals surface area contributed by atoms with Gasteiger partial charge in [0.1, 0.15) is 16.5 Å². The molecule has 2 heterocycles. The van der Waals surface area contributed by atoms with Crippen molar-refractivity contribution in [3.8, 4) is 5.69 Å². The predicted octanol–water partition coefficient (Wildman–Crippen LogP) is 4.88. The topological polar surface area (TPSA) is 72.7 Å². The first-order valence-corrected chi connectivity index (χ1v) is 11.2. The molecule has 0 unspecified atom stereocenters. The van der Waals surface area contributed by atoms with Crippen LogP contribution in [0.4, 0.5) is 9.52 Å². The van der Waals surface area contributed by atoms with Crippen molar-refractivity contribution in [2.24, 2.45) is 0 Å². The zero-order chi connectivity index (χ0) is 19.5.